The predicted octanol–water partition coefficient (Wildman–Crippen LogP) is 5.08. The number of amidine groups is 1. The molecule has 0 bridgehead atoms. The molecule has 0 aromatic heterocycles. The summed E-state index contributed by atoms with van der Waals surface area (Å²) in [7, 11) is 0. The molecule has 25 heavy (non-hydrogen) atoms. The maximum absolute atomic E-state index is 6.37. The van der Waals surface area contributed by atoms with Gasteiger partial charge in [0.05, 0.1) is 23.3 Å². The van der Waals surface area contributed by atoms with E-state index in [0.29, 0.717) is 22.4 Å². The van der Waals surface area contributed by atoms with Gasteiger partial charge < -0.3 is 0 Å². The smallest absolute Gasteiger partial charge is 0.144 e. The molecule has 7 heteroatoms. The van der Waals surface area contributed by atoms with Crippen LogP contribution in [0.15, 0.2) is 57.6 Å². The molecule has 128 valence electrons. The molecule has 0 radical (unpaired) electrons. The Balaban J connectivity index is 2.05. The Bertz CT molecular complexity index is 872. The average molecular weight is 394 g/mol. The SMILES string of the molecule is CC(Cl)/C=N/NC1=Nc2ccc(Cl)cc2C(c2ccccc2Cl)=NC1. The quantitative estimate of drug-likeness (QED) is 0.441. The van der Waals surface area contributed by atoms with Gasteiger partial charge in [0.25, 0.3) is 0 Å². The molecule has 1 aliphatic rings. The van der Waals surface area contributed by atoms with Gasteiger partial charge in [0.15, 0.2) is 0 Å². The number of benzene rings is 2. The van der Waals surface area contributed by atoms with Crippen molar-refractivity contribution in [1.29, 1.82) is 0 Å². The number of aliphatic imine (C=N–C) groups is 2. The van der Waals surface area contributed by atoms with E-state index in [1.165, 1.54) is 0 Å². The predicted molar refractivity (Wildman–Crippen MR) is 107 cm³/mol. The number of rotatable bonds is 3. The number of hydrogen-bond acceptors (Lipinski definition) is 4. The van der Waals surface area contributed by atoms with Crippen molar-refractivity contribution >= 4 is 58.3 Å². The Morgan fingerprint density at radius 2 is 1.96 bits per heavy atom. The summed E-state index contributed by atoms with van der Waals surface area (Å²) in [4.78, 5) is 9.30. The molecule has 4 nitrogen and oxygen atoms in total. The number of nitrogens with one attached hydrogen (secondary N) is 1. The summed E-state index contributed by atoms with van der Waals surface area (Å²) in [5, 5.41) is 5.14. The van der Waals surface area contributed by atoms with E-state index >= 15 is 0 Å². The molecule has 1 heterocycles. The molecule has 1 aliphatic heterocycles. The zero-order valence-corrected chi connectivity index (χ0v) is 15.6. The number of nitrogens with zero attached hydrogens (tertiary/aromatic N) is 3. The Labute approximate surface area is 161 Å². The first-order valence-electron chi connectivity index (χ1n) is 7.64. The van der Waals surface area contributed by atoms with Crippen LogP contribution in [-0.4, -0.2) is 29.7 Å². The molecule has 0 spiro atoms. The summed E-state index contributed by atoms with van der Waals surface area (Å²) in [6.07, 6.45) is 1.59. The Morgan fingerprint density at radius 1 is 1.16 bits per heavy atom. The highest BCUT2D eigenvalue weighted by Gasteiger charge is 2.18. The number of fused-ring (bicyclic) bond motifs is 1. The van der Waals surface area contributed by atoms with Crippen LogP contribution in [0.4, 0.5) is 5.69 Å². The molecule has 0 amide bonds. The fourth-order valence-corrected chi connectivity index (χ4v) is 2.83. The van der Waals surface area contributed by atoms with E-state index in [-0.39, 0.29) is 5.38 Å². The standard InChI is InChI=1S/C18H15Cl3N4/c1-11(19)9-23-25-17-10-22-18(13-4-2-3-5-15(13)21)14-8-12(20)6-7-16(14)24-17/h2-9,11H,10H2,1H3,(H,24,25)/b23-9+. The molecule has 1 atom stereocenters. The second-order valence-corrected chi connectivity index (χ2v) is 6.96. The van der Waals surface area contributed by atoms with Crippen LogP contribution in [-0.2, 0) is 0 Å². The summed E-state index contributed by atoms with van der Waals surface area (Å²) in [6, 6.07) is 13.1. The summed E-state index contributed by atoms with van der Waals surface area (Å²) in [5.74, 6) is 0.610. The maximum atomic E-state index is 6.37. The molecule has 3 rings (SSSR count). The van der Waals surface area contributed by atoms with Crippen LogP contribution in [0.1, 0.15) is 18.1 Å². The third-order valence-electron chi connectivity index (χ3n) is 3.46. The first kappa shape index (κ1) is 17.9. The second-order valence-electron chi connectivity index (χ2n) is 5.43. The lowest BCUT2D eigenvalue weighted by Gasteiger charge is -2.10. The van der Waals surface area contributed by atoms with E-state index in [1.807, 2.05) is 43.3 Å². The molecule has 0 fully saturated rings. The number of alkyl halides is 1. The third kappa shape index (κ3) is 4.40. The average Bonchev–Trinajstić information content (AvgIpc) is 2.74. The summed E-state index contributed by atoms with van der Waals surface area (Å²) >= 11 is 18.4. The van der Waals surface area contributed by atoms with Gasteiger partial charge in [-0.2, -0.15) is 5.10 Å². The maximum Gasteiger partial charge on any atom is 0.144 e. The van der Waals surface area contributed by atoms with Crippen LogP contribution in [0.2, 0.25) is 10.0 Å². The fraction of sp³-hybridized carbons (Fsp3) is 0.167. The van der Waals surface area contributed by atoms with E-state index in [0.717, 1.165) is 22.5 Å². The van der Waals surface area contributed by atoms with Gasteiger partial charge in [0.1, 0.15) is 5.84 Å². The highest BCUT2D eigenvalue weighted by atomic mass is 35.5. The fourth-order valence-electron chi connectivity index (χ4n) is 2.37. The zero-order chi connectivity index (χ0) is 17.8. The van der Waals surface area contributed by atoms with Crippen LogP contribution in [0, 0.1) is 0 Å². The van der Waals surface area contributed by atoms with E-state index in [1.54, 1.807) is 12.3 Å². The Kier molecular flexibility index (Phi) is 5.74. The minimum Gasteiger partial charge on any atom is -0.276 e. The van der Waals surface area contributed by atoms with Crippen molar-refractivity contribution in [2.24, 2.45) is 15.1 Å². The van der Waals surface area contributed by atoms with Gasteiger partial charge in [-0.25, -0.2) is 4.99 Å². The van der Waals surface area contributed by atoms with Crippen LogP contribution < -0.4 is 5.43 Å². The minimum absolute atomic E-state index is 0.174. The van der Waals surface area contributed by atoms with E-state index < -0.39 is 0 Å². The zero-order valence-electron chi connectivity index (χ0n) is 13.4. The molecule has 0 aliphatic carbocycles. The normalized spacial score (nSPS) is 15.2. The second kappa shape index (κ2) is 8.00. The molecular formula is C18H15Cl3N4. The van der Waals surface area contributed by atoms with E-state index in [9.17, 15) is 0 Å². The summed E-state index contributed by atoms with van der Waals surface area (Å²) in [6.45, 7) is 2.16. The Hall–Kier alpha value is -1.88. The van der Waals surface area contributed by atoms with Gasteiger partial charge in [0.2, 0.25) is 0 Å². The van der Waals surface area contributed by atoms with Gasteiger partial charge in [-0.3, -0.25) is 10.4 Å². The molecule has 0 saturated carbocycles. The lowest BCUT2D eigenvalue weighted by molar-refractivity contribution is 0.990. The van der Waals surface area contributed by atoms with Crippen molar-refractivity contribution in [1.82, 2.24) is 5.43 Å². The van der Waals surface area contributed by atoms with Crippen molar-refractivity contribution in [2.45, 2.75) is 12.3 Å². The number of halogens is 3. The lowest BCUT2D eigenvalue weighted by atomic mass is 10.0. The Morgan fingerprint density at radius 3 is 2.72 bits per heavy atom. The van der Waals surface area contributed by atoms with Crippen LogP contribution in [0.3, 0.4) is 0 Å². The van der Waals surface area contributed by atoms with Crippen LogP contribution in [0.25, 0.3) is 0 Å². The van der Waals surface area contributed by atoms with Crippen molar-refractivity contribution < 1.29 is 0 Å². The van der Waals surface area contributed by atoms with Crippen molar-refractivity contribution in [3.05, 3.63) is 63.6 Å². The first-order chi connectivity index (χ1) is 12.0. The number of hydrogen-bond donors (Lipinski definition) is 1. The molecule has 1 N–H and O–H groups in total. The lowest BCUT2D eigenvalue weighted by Crippen LogP contribution is -2.21. The number of hydrazone groups is 1. The highest BCUT2D eigenvalue weighted by Crippen LogP contribution is 2.30. The van der Waals surface area contributed by atoms with E-state index in [2.05, 4.69) is 20.5 Å². The monoisotopic (exact) mass is 392 g/mol. The van der Waals surface area contributed by atoms with Crippen LogP contribution >= 0.6 is 34.8 Å². The van der Waals surface area contributed by atoms with E-state index in [4.69, 9.17) is 34.8 Å². The molecule has 2 aromatic rings. The minimum atomic E-state index is -0.174. The largest absolute Gasteiger partial charge is 0.276 e. The topological polar surface area (TPSA) is 49.1 Å². The molecular weight excluding hydrogens is 379 g/mol. The molecule has 2 aromatic carbocycles. The van der Waals surface area contributed by atoms with Crippen molar-refractivity contribution in [3.63, 3.8) is 0 Å². The van der Waals surface area contributed by atoms with Gasteiger partial charge in [0, 0.05) is 27.4 Å². The molecule has 0 saturated heterocycles. The summed E-state index contributed by atoms with van der Waals surface area (Å²) < 4.78 is 0. The first-order valence-corrected chi connectivity index (χ1v) is 8.84. The van der Waals surface area contributed by atoms with Gasteiger partial charge in [-0.1, -0.05) is 41.4 Å². The summed E-state index contributed by atoms with van der Waals surface area (Å²) in [5.41, 5.74) is 6.05. The van der Waals surface area contributed by atoms with Crippen molar-refractivity contribution in [3.8, 4) is 0 Å². The van der Waals surface area contributed by atoms with Gasteiger partial charge in [-0.15, -0.1) is 11.6 Å². The van der Waals surface area contributed by atoms with Crippen molar-refractivity contribution in [2.75, 3.05) is 6.54 Å². The van der Waals surface area contributed by atoms with Crippen LogP contribution in [0.5, 0.6) is 0 Å². The van der Waals surface area contributed by atoms with Gasteiger partial charge >= 0.3 is 0 Å². The molecule has 1 unspecified atom stereocenters. The highest BCUT2D eigenvalue weighted by molar-refractivity contribution is 6.36. The third-order valence-corrected chi connectivity index (χ3v) is 4.14. The van der Waals surface area contributed by atoms with Gasteiger partial charge in [-0.05, 0) is 31.2 Å².